The van der Waals surface area contributed by atoms with Crippen molar-refractivity contribution < 1.29 is 14.3 Å². The van der Waals surface area contributed by atoms with Crippen LogP contribution in [0.1, 0.15) is 45.7 Å². The minimum atomic E-state index is -0.517. The van der Waals surface area contributed by atoms with Crippen molar-refractivity contribution in [1.82, 2.24) is 4.90 Å². The second kappa shape index (κ2) is 9.27. The van der Waals surface area contributed by atoms with Gasteiger partial charge in [-0.25, -0.2) is 4.79 Å². The number of carbonyl (C=O) groups is 1. The molecule has 0 N–H and O–H groups in total. The lowest BCUT2D eigenvalue weighted by atomic mass is 10.1. The number of halogens is 1. The summed E-state index contributed by atoms with van der Waals surface area (Å²) in [6, 6.07) is 15.9. The molecule has 0 heterocycles. The van der Waals surface area contributed by atoms with Gasteiger partial charge < -0.3 is 14.4 Å². The third-order valence-electron chi connectivity index (χ3n) is 3.86. The van der Waals surface area contributed by atoms with E-state index < -0.39 is 5.60 Å². The second-order valence-corrected chi connectivity index (χ2v) is 8.58. The smallest absolute Gasteiger partial charge is 0.410 e. The maximum absolute atomic E-state index is 12.5. The van der Waals surface area contributed by atoms with E-state index in [1.807, 2.05) is 83.1 Å². The molecule has 0 spiro atoms. The third kappa shape index (κ3) is 6.90. The summed E-state index contributed by atoms with van der Waals surface area (Å²) in [6.07, 6.45) is -0.311. The minimum absolute atomic E-state index is 0.0285. The lowest BCUT2D eigenvalue weighted by molar-refractivity contribution is 0.0171. The summed E-state index contributed by atoms with van der Waals surface area (Å²) in [5.41, 5.74) is 1.60. The third-order valence-corrected chi connectivity index (χ3v) is 4.60. The topological polar surface area (TPSA) is 38.8 Å². The maximum atomic E-state index is 12.5. The molecule has 0 saturated heterocycles. The van der Waals surface area contributed by atoms with Gasteiger partial charge in [0.2, 0.25) is 0 Å². The molecule has 0 bridgehead atoms. The number of nitrogens with zero attached hydrogens (tertiary/aromatic N) is 1. The highest BCUT2D eigenvalue weighted by molar-refractivity contribution is 9.10. The molecule has 2 aromatic rings. The van der Waals surface area contributed by atoms with Crippen LogP contribution in [-0.4, -0.2) is 22.6 Å². The van der Waals surface area contributed by atoms with E-state index in [4.69, 9.17) is 9.47 Å². The Balaban J connectivity index is 2.05. The van der Waals surface area contributed by atoms with E-state index in [0.29, 0.717) is 13.2 Å². The number of rotatable bonds is 6. The average molecular weight is 434 g/mol. The lowest BCUT2D eigenvalue weighted by Gasteiger charge is -2.30. The van der Waals surface area contributed by atoms with Crippen molar-refractivity contribution >= 4 is 22.0 Å². The standard InChI is InChI=1S/C22H28BrNO3/c1-16(2)24(21(25)27-22(3,4)5)14-18-11-12-19(13-20(18)23)26-15-17-9-7-6-8-10-17/h6-13,16H,14-15H2,1-5H3. The van der Waals surface area contributed by atoms with Crippen molar-refractivity contribution in [2.75, 3.05) is 0 Å². The van der Waals surface area contributed by atoms with Gasteiger partial charge in [-0.3, -0.25) is 0 Å². The predicted molar refractivity (Wildman–Crippen MR) is 112 cm³/mol. The Morgan fingerprint density at radius 3 is 2.33 bits per heavy atom. The molecular weight excluding hydrogens is 406 g/mol. The van der Waals surface area contributed by atoms with Crippen LogP contribution in [0.5, 0.6) is 5.75 Å². The van der Waals surface area contributed by atoms with Crippen LogP contribution in [0.3, 0.4) is 0 Å². The quantitative estimate of drug-likeness (QED) is 0.546. The van der Waals surface area contributed by atoms with Crippen LogP contribution in [0.25, 0.3) is 0 Å². The fourth-order valence-corrected chi connectivity index (χ4v) is 2.93. The zero-order chi connectivity index (χ0) is 20.0. The molecule has 2 rings (SSSR count). The van der Waals surface area contributed by atoms with Gasteiger partial charge in [-0.15, -0.1) is 0 Å². The van der Waals surface area contributed by atoms with E-state index in [-0.39, 0.29) is 12.1 Å². The van der Waals surface area contributed by atoms with Crippen molar-refractivity contribution in [2.45, 2.75) is 59.4 Å². The Morgan fingerprint density at radius 2 is 1.78 bits per heavy atom. The van der Waals surface area contributed by atoms with Gasteiger partial charge in [-0.2, -0.15) is 0 Å². The first kappa shape index (κ1) is 21.3. The highest BCUT2D eigenvalue weighted by Gasteiger charge is 2.24. The number of hydrogen-bond acceptors (Lipinski definition) is 3. The summed E-state index contributed by atoms with van der Waals surface area (Å²) >= 11 is 3.60. The molecule has 0 fully saturated rings. The van der Waals surface area contributed by atoms with Gasteiger partial charge in [0.05, 0.1) is 6.54 Å². The largest absolute Gasteiger partial charge is 0.489 e. The summed E-state index contributed by atoms with van der Waals surface area (Å²) in [6.45, 7) is 10.6. The van der Waals surface area contributed by atoms with Gasteiger partial charge in [0.1, 0.15) is 18.0 Å². The predicted octanol–water partition coefficient (Wildman–Crippen LogP) is 6.17. The first-order chi connectivity index (χ1) is 12.7. The number of hydrogen-bond donors (Lipinski definition) is 0. The van der Waals surface area contributed by atoms with E-state index in [2.05, 4.69) is 15.9 Å². The Bertz CT molecular complexity index is 754. The first-order valence-electron chi connectivity index (χ1n) is 9.10. The molecule has 146 valence electrons. The fraction of sp³-hybridized carbons (Fsp3) is 0.409. The fourth-order valence-electron chi connectivity index (χ4n) is 2.45. The molecule has 0 aliphatic heterocycles. The molecule has 1 amide bonds. The van der Waals surface area contributed by atoms with Gasteiger partial charge in [0, 0.05) is 10.5 Å². The van der Waals surface area contributed by atoms with Crippen LogP contribution in [0.15, 0.2) is 53.0 Å². The number of benzene rings is 2. The zero-order valence-corrected chi connectivity index (χ0v) is 18.2. The molecular formula is C22H28BrNO3. The molecule has 0 saturated carbocycles. The van der Waals surface area contributed by atoms with Gasteiger partial charge in [-0.1, -0.05) is 52.3 Å². The zero-order valence-electron chi connectivity index (χ0n) is 16.7. The molecule has 27 heavy (non-hydrogen) atoms. The van der Waals surface area contributed by atoms with Gasteiger partial charge in [0.25, 0.3) is 0 Å². The van der Waals surface area contributed by atoms with Gasteiger partial charge in [-0.05, 0) is 57.9 Å². The highest BCUT2D eigenvalue weighted by Crippen LogP contribution is 2.26. The number of amides is 1. The Kier molecular flexibility index (Phi) is 7.31. The first-order valence-corrected chi connectivity index (χ1v) is 9.90. The summed E-state index contributed by atoms with van der Waals surface area (Å²) in [5.74, 6) is 0.780. The normalized spacial score (nSPS) is 11.4. The molecule has 0 atom stereocenters. The Morgan fingerprint density at radius 1 is 1.11 bits per heavy atom. The molecule has 2 aromatic carbocycles. The summed E-state index contributed by atoms with van der Waals surface area (Å²) in [7, 11) is 0. The van der Waals surface area contributed by atoms with Crippen LogP contribution < -0.4 is 4.74 Å². The van der Waals surface area contributed by atoms with E-state index >= 15 is 0 Å². The van der Waals surface area contributed by atoms with Crippen molar-refractivity contribution in [3.05, 3.63) is 64.1 Å². The minimum Gasteiger partial charge on any atom is -0.489 e. The molecule has 0 aliphatic carbocycles. The van der Waals surface area contributed by atoms with E-state index in [1.165, 1.54) is 0 Å². The van der Waals surface area contributed by atoms with Gasteiger partial charge in [0.15, 0.2) is 0 Å². The van der Waals surface area contributed by atoms with Crippen molar-refractivity contribution in [1.29, 1.82) is 0 Å². The molecule has 0 aromatic heterocycles. The van der Waals surface area contributed by atoms with Crippen LogP contribution in [-0.2, 0) is 17.9 Å². The summed E-state index contributed by atoms with van der Waals surface area (Å²) in [5, 5.41) is 0. The van der Waals surface area contributed by atoms with Gasteiger partial charge >= 0.3 is 6.09 Å². The van der Waals surface area contributed by atoms with Crippen LogP contribution in [0.2, 0.25) is 0 Å². The number of ether oxygens (including phenoxy) is 2. The van der Waals surface area contributed by atoms with E-state index in [0.717, 1.165) is 21.3 Å². The van der Waals surface area contributed by atoms with Crippen molar-refractivity contribution in [3.63, 3.8) is 0 Å². The van der Waals surface area contributed by atoms with Crippen molar-refractivity contribution in [2.24, 2.45) is 0 Å². The van der Waals surface area contributed by atoms with Crippen LogP contribution >= 0.6 is 15.9 Å². The van der Waals surface area contributed by atoms with Crippen molar-refractivity contribution in [3.8, 4) is 5.75 Å². The van der Waals surface area contributed by atoms with Crippen LogP contribution in [0.4, 0.5) is 4.79 Å². The Hall–Kier alpha value is -2.01. The maximum Gasteiger partial charge on any atom is 0.410 e. The SMILES string of the molecule is CC(C)N(Cc1ccc(OCc2ccccc2)cc1Br)C(=O)OC(C)(C)C. The molecule has 0 aliphatic rings. The second-order valence-electron chi connectivity index (χ2n) is 7.73. The Labute approximate surface area is 170 Å². The highest BCUT2D eigenvalue weighted by atomic mass is 79.9. The molecule has 4 nitrogen and oxygen atoms in total. The lowest BCUT2D eigenvalue weighted by Crippen LogP contribution is -2.40. The summed E-state index contributed by atoms with van der Waals surface area (Å²) < 4.78 is 12.3. The van der Waals surface area contributed by atoms with E-state index in [1.54, 1.807) is 4.90 Å². The monoisotopic (exact) mass is 433 g/mol. The number of carbonyl (C=O) groups excluding carboxylic acids is 1. The van der Waals surface area contributed by atoms with E-state index in [9.17, 15) is 4.79 Å². The van der Waals surface area contributed by atoms with Crippen LogP contribution in [0, 0.1) is 0 Å². The molecule has 5 heteroatoms. The molecule has 0 radical (unpaired) electrons. The average Bonchev–Trinajstić information content (AvgIpc) is 2.58. The summed E-state index contributed by atoms with van der Waals surface area (Å²) in [4.78, 5) is 14.2. The molecule has 0 unspecified atom stereocenters.